The zero-order chi connectivity index (χ0) is 16.4. The van der Waals surface area contributed by atoms with E-state index < -0.39 is 17.5 Å². The molecule has 118 valence electrons. The highest BCUT2D eigenvalue weighted by atomic mass is 19.1. The third-order valence-electron chi connectivity index (χ3n) is 3.67. The van der Waals surface area contributed by atoms with Gasteiger partial charge >= 0.3 is 0 Å². The van der Waals surface area contributed by atoms with E-state index in [4.69, 9.17) is 0 Å². The molecule has 4 nitrogen and oxygen atoms in total. The monoisotopic (exact) mass is 316 g/mol. The lowest BCUT2D eigenvalue weighted by Gasteiger charge is -2.16. The maximum atomic E-state index is 13.6. The van der Waals surface area contributed by atoms with Crippen molar-refractivity contribution in [3.05, 3.63) is 59.7 Å². The number of anilines is 2. The Morgan fingerprint density at radius 2 is 1.96 bits per heavy atom. The number of hydrogen-bond donors (Lipinski definition) is 1. The molecule has 0 atom stereocenters. The van der Waals surface area contributed by atoms with Crippen LogP contribution in [0.15, 0.2) is 42.5 Å². The van der Waals surface area contributed by atoms with Gasteiger partial charge in [0.1, 0.15) is 11.6 Å². The Kier molecular flexibility index (Phi) is 4.06. The van der Waals surface area contributed by atoms with Crippen molar-refractivity contribution in [2.45, 2.75) is 12.8 Å². The Hall–Kier alpha value is -2.76. The zero-order valence-electron chi connectivity index (χ0n) is 12.2. The Bertz CT molecular complexity index is 777. The number of hydrogen-bond acceptors (Lipinski definition) is 2. The van der Waals surface area contributed by atoms with E-state index in [0.717, 1.165) is 18.6 Å². The van der Waals surface area contributed by atoms with Crippen LogP contribution in [0, 0.1) is 11.6 Å². The third kappa shape index (κ3) is 3.21. The van der Waals surface area contributed by atoms with Gasteiger partial charge < -0.3 is 10.2 Å². The van der Waals surface area contributed by atoms with Gasteiger partial charge in [0.05, 0.1) is 5.69 Å². The molecule has 1 saturated heterocycles. The van der Waals surface area contributed by atoms with Crippen LogP contribution in [0.3, 0.4) is 0 Å². The molecule has 0 saturated carbocycles. The van der Waals surface area contributed by atoms with Crippen molar-refractivity contribution in [2.75, 3.05) is 16.8 Å². The first-order valence-electron chi connectivity index (χ1n) is 7.21. The van der Waals surface area contributed by atoms with Crippen LogP contribution in [-0.2, 0) is 4.79 Å². The van der Waals surface area contributed by atoms with E-state index >= 15 is 0 Å². The Labute approximate surface area is 131 Å². The first-order valence-corrected chi connectivity index (χ1v) is 7.21. The Balaban J connectivity index is 1.81. The van der Waals surface area contributed by atoms with Crippen LogP contribution in [0.25, 0.3) is 0 Å². The van der Waals surface area contributed by atoms with Gasteiger partial charge in [0.15, 0.2) is 0 Å². The fraction of sp³-hybridized carbons (Fsp3) is 0.176. The second-order valence-corrected chi connectivity index (χ2v) is 5.28. The molecule has 2 aromatic rings. The quantitative estimate of drug-likeness (QED) is 0.944. The van der Waals surface area contributed by atoms with Gasteiger partial charge in [-0.2, -0.15) is 0 Å². The maximum Gasteiger partial charge on any atom is 0.255 e. The standard InChI is InChI=1S/C17H14F2N2O2/c18-12-6-7-15(14(19)10-12)20-17(23)11-3-1-4-13(9-11)21-8-2-5-16(21)22/h1,3-4,6-7,9-10H,2,5,8H2,(H,20,23). The third-order valence-corrected chi connectivity index (χ3v) is 3.67. The molecular weight excluding hydrogens is 302 g/mol. The number of rotatable bonds is 3. The predicted molar refractivity (Wildman–Crippen MR) is 82.3 cm³/mol. The fourth-order valence-corrected chi connectivity index (χ4v) is 2.52. The minimum absolute atomic E-state index is 0.0205. The van der Waals surface area contributed by atoms with Gasteiger partial charge in [-0.3, -0.25) is 9.59 Å². The number of nitrogens with one attached hydrogen (secondary N) is 1. The van der Waals surface area contributed by atoms with Crippen LogP contribution in [0.1, 0.15) is 23.2 Å². The molecule has 2 amide bonds. The molecule has 0 bridgehead atoms. The summed E-state index contributed by atoms with van der Waals surface area (Å²) in [6, 6.07) is 9.50. The summed E-state index contributed by atoms with van der Waals surface area (Å²) in [5, 5.41) is 2.40. The van der Waals surface area contributed by atoms with E-state index in [2.05, 4.69) is 5.32 Å². The molecule has 0 spiro atoms. The average Bonchev–Trinajstić information content (AvgIpc) is 2.96. The number of benzene rings is 2. The van der Waals surface area contributed by atoms with Crippen LogP contribution in [0.4, 0.5) is 20.2 Å². The van der Waals surface area contributed by atoms with Gasteiger partial charge in [0, 0.05) is 30.3 Å². The number of carbonyl (C=O) groups is 2. The largest absolute Gasteiger partial charge is 0.319 e. The van der Waals surface area contributed by atoms with Crippen molar-refractivity contribution in [3.8, 4) is 0 Å². The topological polar surface area (TPSA) is 49.4 Å². The van der Waals surface area contributed by atoms with E-state index in [0.29, 0.717) is 30.3 Å². The molecule has 1 fully saturated rings. The summed E-state index contributed by atoms with van der Waals surface area (Å²) in [6.07, 6.45) is 1.28. The average molecular weight is 316 g/mol. The van der Waals surface area contributed by atoms with E-state index in [1.54, 1.807) is 29.2 Å². The van der Waals surface area contributed by atoms with Crippen LogP contribution in [-0.4, -0.2) is 18.4 Å². The Morgan fingerprint density at radius 3 is 2.65 bits per heavy atom. The van der Waals surface area contributed by atoms with E-state index in [9.17, 15) is 18.4 Å². The van der Waals surface area contributed by atoms with Crippen molar-refractivity contribution in [1.29, 1.82) is 0 Å². The SMILES string of the molecule is O=C(Nc1ccc(F)cc1F)c1cccc(N2CCCC2=O)c1. The van der Waals surface area contributed by atoms with Crippen LogP contribution < -0.4 is 10.2 Å². The van der Waals surface area contributed by atoms with Crippen molar-refractivity contribution in [1.82, 2.24) is 0 Å². The molecule has 23 heavy (non-hydrogen) atoms. The predicted octanol–water partition coefficient (Wildman–Crippen LogP) is 3.34. The van der Waals surface area contributed by atoms with E-state index in [1.807, 2.05) is 0 Å². The maximum absolute atomic E-state index is 13.6. The smallest absolute Gasteiger partial charge is 0.255 e. The molecule has 0 radical (unpaired) electrons. The van der Waals surface area contributed by atoms with Crippen LogP contribution in [0.2, 0.25) is 0 Å². The van der Waals surface area contributed by atoms with Crippen LogP contribution >= 0.6 is 0 Å². The minimum Gasteiger partial charge on any atom is -0.319 e. The lowest BCUT2D eigenvalue weighted by Crippen LogP contribution is -2.24. The molecule has 1 N–H and O–H groups in total. The molecule has 1 aliphatic heterocycles. The zero-order valence-corrected chi connectivity index (χ0v) is 12.2. The summed E-state index contributed by atoms with van der Waals surface area (Å²) < 4.78 is 26.5. The van der Waals surface area contributed by atoms with Crippen molar-refractivity contribution >= 4 is 23.2 Å². The first-order chi connectivity index (χ1) is 11.0. The number of amides is 2. The fourth-order valence-electron chi connectivity index (χ4n) is 2.52. The first kappa shape index (κ1) is 15.1. The summed E-state index contributed by atoms with van der Waals surface area (Å²) in [4.78, 5) is 25.6. The molecule has 6 heteroatoms. The van der Waals surface area contributed by atoms with Gasteiger partial charge in [-0.15, -0.1) is 0 Å². The lowest BCUT2D eigenvalue weighted by atomic mass is 10.1. The second kappa shape index (κ2) is 6.16. The number of carbonyl (C=O) groups excluding carboxylic acids is 2. The molecular formula is C17H14F2N2O2. The van der Waals surface area contributed by atoms with E-state index in [-0.39, 0.29) is 11.6 Å². The highest BCUT2D eigenvalue weighted by Crippen LogP contribution is 2.23. The van der Waals surface area contributed by atoms with Gasteiger partial charge in [-0.1, -0.05) is 6.07 Å². The molecule has 0 aliphatic carbocycles. The molecule has 0 unspecified atom stereocenters. The summed E-state index contributed by atoms with van der Waals surface area (Å²) >= 11 is 0. The molecule has 0 aromatic heterocycles. The van der Waals surface area contributed by atoms with Gasteiger partial charge in [0.2, 0.25) is 5.91 Å². The van der Waals surface area contributed by atoms with Gasteiger partial charge in [0.25, 0.3) is 5.91 Å². The molecule has 1 aliphatic rings. The summed E-state index contributed by atoms with van der Waals surface area (Å²) in [5.74, 6) is -2.06. The summed E-state index contributed by atoms with van der Waals surface area (Å²) in [6.45, 7) is 0.622. The minimum atomic E-state index is -0.843. The van der Waals surface area contributed by atoms with Gasteiger partial charge in [-0.05, 0) is 36.8 Å². The molecule has 3 rings (SSSR count). The van der Waals surface area contributed by atoms with E-state index in [1.165, 1.54) is 0 Å². The molecule has 2 aromatic carbocycles. The lowest BCUT2D eigenvalue weighted by molar-refractivity contribution is -0.117. The summed E-state index contributed by atoms with van der Waals surface area (Å²) in [7, 11) is 0. The van der Waals surface area contributed by atoms with Crippen molar-refractivity contribution in [3.63, 3.8) is 0 Å². The highest BCUT2D eigenvalue weighted by Gasteiger charge is 2.22. The van der Waals surface area contributed by atoms with Crippen molar-refractivity contribution < 1.29 is 18.4 Å². The summed E-state index contributed by atoms with van der Waals surface area (Å²) in [5.41, 5.74) is 0.838. The normalized spacial score (nSPS) is 14.2. The number of halogens is 2. The molecule has 1 heterocycles. The highest BCUT2D eigenvalue weighted by molar-refractivity contribution is 6.05. The number of nitrogens with zero attached hydrogens (tertiary/aromatic N) is 1. The van der Waals surface area contributed by atoms with Crippen molar-refractivity contribution in [2.24, 2.45) is 0 Å². The second-order valence-electron chi connectivity index (χ2n) is 5.28. The Morgan fingerprint density at radius 1 is 1.13 bits per heavy atom. The van der Waals surface area contributed by atoms with Crippen LogP contribution in [0.5, 0.6) is 0 Å². The van der Waals surface area contributed by atoms with Gasteiger partial charge in [-0.25, -0.2) is 8.78 Å².